The van der Waals surface area contributed by atoms with Crippen molar-refractivity contribution in [2.24, 2.45) is 0 Å². The van der Waals surface area contributed by atoms with Crippen LogP contribution >= 0.6 is 0 Å². The van der Waals surface area contributed by atoms with Crippen molar-refractivity contribution >= 4 is 11.8 Å². The second-order valence-electron chi connectivity index (χ2n) is 9.28. The third-order valence-electron chi connectivity index (χ3n) is 6.45. The van der Waals surface area contributed by atoms with Gasteiger partial charge in [0, 0.05) is 25.9 Å². The highest BCUT2D eigenvalue weighted by Crippen LogP contribution is 2.19. The zero-order valence-electron chi connectivity index (χ0n) is 21.3. The first-order valence-corrected chi connectivity index (χ1v) is 12.7. The van der Waals surface area contributed by atoms with Crippen LogP contribution < -0.4 is 5.32 Å². The summed E-state index contributed by atoms with van der Waals surface area (Å²) in [6, 6.07) is 25.8. The molecule has 0 aliphatic rings. The lowest BCUT2D eigenvalue weighted by atomic mass is 10.00. The largest absolute Gasteiger partial charge is 0.354 e. The lowest BCUT2D eigenvalue weighted by molar-refractivity contribution is -0.141. The minimum atomic E-state index is -0.570. The first-order valence-electron chi connectivity index (χ1n) is 12.7. The molecule has 1 atom stereocenters. The molecule has 0 bridgehead atoms. The first kappa shape index (κ1) is 26.2. The average Bonchev–Trinajstić information content (AvgIpc) is 2.87. The average molecular weight is 471 g/mol. The Morgan fingerprint density at radius 2 is 1.54 bits per heavy atom. The molecule has 0 radical (unpaired) electrons. The van der Waals surface area contributed by atoms with Gasteiger partial charge in [-0.3, -0.25) is 9.59 Å². The van der Waals surface area contributed by atoms with Gasteiger partial charge >= 0.3 is 0 Å². The van der Waals surface area contributed by atoms with Crippen molar-refractivity contribution in [1.29, 1.82) is 0 Å². The minimum absolute atomic E-state index is 0.000371. The van der Waals surface area contributed by atoms with Crippen LogP contribution in [-0.4, -0.2) is 29.3 Å². The van der Waals surface area contributed by atoms with Crippen molar-refractivity contribution in [3.8, 4) is 0 Å². The van der Waals surface area contributed by atoms with Crippen LogP contribution in [0.3, 0.4) is 0 Å². The van der Waals surface area contributed by atoms with Crippen LogP contribution in [0.25, 0.3) is 0 Å². The fraction of sp³-hybridized carbons (Fsp3) is 0.355. The van der Waals surface area contributed by atoms with Gasteiger partial charge in [0.15, 0.2) is 0 Å². The number of unbranched alkanes of at least 4 members (excludes halogenated alkanes) is 1. The molecule has 184 valence electrons. The molecule has 3 aromatic rings. The van der Waals surface area contributed by atoms with Crippen molar-refractivity contribution in [2.75, 3.05) is 6.54 Å². The number of hydrogen-bond donors (Lipinski definition) is 1. The van der Waals surface area contributed by atoms with E-state index in [2.05, 4.69) is 56.4 Å². The van der Waals surface area contributed by atoms with Crippen LogP contribution in [0.5, 0.6) is 0 Å². The molecule has 0 spiro atoms. The standard InChI is InChI=1S/C31H38N2O2/c1-4-5-21-32-31(35)29(22-27-12-7-6-8-13-27)33(23-28-14-10-9-11-25(28)3)30(34)20-19-26-17-15-24(2)16-18-26/h6-18,29H,4-5,19-23H2,1-3H3,(H,32,35)/t29-/m0/s1. The Morgan fingerprint density at radius 1 is 0.857 bits per heavy atom. The number of rotatable bonds is 12. The van der Waals surface area contributed by atoms with E-state index >= 15 is 0 Å². The first-order chi connectivity index (χ1) is 17.0. The van der Waals surface area contributed by atoms with E-state index in [9.17, 15) is 9.59 Å². The van der Waals surface area contributed by atoms with E-state index < -0.39 is 6.04 Å². The Morgan fingerprint density at radius 3 is 2.23 bits per heavy atom. The van der Waals surface area contributed by atoms with Gasteiger partial charge in [0.1, 0.15) is 6.04 Å². The molecule has 4 nitrogen and oxygen atoms in total. The number of nitrogens with zero attached hydrogens (tertiary/aromatic N) is 1. The van der Waals surface area contributed by atoms with E-state index in [1.165, 1.54) is 5.56 Å². The second-order valence-corrected chi connectivity index (χ2v) is 9.28. The molecule has 0 heterocycles. The lowest BCUT2D eigenvalue weighted by Gasteiger charge is -2.32. The Bertz CT molecular complexity index is 1080. The summed E-state index contributed by atoms with van der Waals surface area (Å²) in [5.41, 5.74) is 5.56. The summed E-state index contributed by atoms with van der Waals surface area (Å²) in [4.78, 5) is 29.0. The van der Waals surface area contributed by atoms with E-state index in [0.29, 0.717) is 32.4 Å². The maximum atomic E-state index is 13.7. The minimum Gasteiger partial charge on any atom is -0.354 e. The second kappa shape index (κ2) is 13.5. The fourth-order valence-electron chi connectivity index (χ4n) is 4.18. The highest BCUT2D eigenvalue weighted by atomic mass is 16.2. The predicted molar refractivity (Wildman–Crippen MR) is 143 cm³/mol. The van der Waals surface area contributed by atoms with Gasteiger partial charge in [0.05, 0.1) is 0 Å². The van der Waals surface area contributed by atoms with E-state index in [-0.39, 0.29) is 11.8 Å². The normalized spacial score (nSPS) is 11.6. The van der Waals surface area contributed by atoms with E-state index in [0.717, 1.165) is 35.1 Å². The zero-order chi connectivity index (χ0) is 25.0. The molecule has 35 heavy (non-hydrogen) atoms. The van der Waals surface area contributed by atoms with E-state index in [1.54, 1.807) is 4.90 Å². The van der Waals surface area contributed by atoms with Gasteiger partial charge in [-0.2, -0.15) is 0 Å². The maximum Gasteiger partial charge on any atom is 0.243 e. The molecule has 4 heteroatoms. The van der Waals surface area contributed by atoms with Gasteiger partial charge < -0.3 is 10.2 Å². The number of carbonyl (C=O) groups excluding carboxylic acids is 2. The van der Waals surface area contributed by atoms with E-state index in [1.807, 2.05) is 48.5 Å². The highest BCUT2D eigenvalue weighted by Gasteiger charge is 2.30. The molecule has 0 aromatic heterocycles. The highest BCUT2D eigenvalue weighted by molar-refractivity contribution is 5.88. The maximum absolute atomic E-state index is 13.7. The number of hydrogen-bond acceptors (Lipinski definition) is 2. The molecule has 0 unspecified atom stereocenters. The van der Waals surface area contributed by atoms with Crippen molar-refractivity contribution in [3.63, 3.8) is 0 Å². The van der Waals surface area contributed by atoms with Gasteiger partial charge in [-0.1, -0.05) is 97.8 Å². The molecule has 1 N–H and O–H groups in total. The Balaban J connectivity index is 1.88. The molecule has 2 amide bonds. The lowest BCUT2D eigenvalue weighted by Crippen LogP contribution is -2.50. The molecule has 0 saturated carbocycles. The molecule has 0 aliphatic carbocycles. The van der Waals surface area contributed by atoms with Crippen LogP contribution in [0.2, 0.25) is 0 Å². The smallest absolute Gasteiger partial charge is 0.243 e. The summed E-state index contributed by atoms with van der Waals surface area (Å²) in [6.07, 6.45) is 3.43. The topological polar surface area (TPSA) is 49.4 Å². The van der Waals surface area contributed by atoms with Crippen molar-refractivity contribution in [1.82, 2.24) is 10.2 Å². The third kappa shape index (κ3) is 8.10. The Hall–Kier alpha value is -3.40. The van der Waals surface area contributed by atoms with Crippen LogP contribution in [-0.2, 0) is 29.0 Å². The summed E-state index contributed by atoms with van der Waals surface area (Å²) in [5, 5.41) is 3.09. The number of amides is 2. The number of carbonyl (C=O) groups is 2. The zero-order valence-corrected chi connectivity index (χ0v) is 21.3. The summed E-state index contributed by atoms with van der Waals surface area (Å²) >= 11 is 0. The fourth-order valence-corrected chi connectivity index (χ4v) is 4.18. The van der Waals surface area contributed by atoms with Gasteiger partial charge in [-0.25, -0.2) is 0 Å². The number of nitrogens with one attached hydrogen (secondary N) is 1. The Labute approximate surface area is 210 Å². The van der Waals surface area contributed by atoms with Crippen molar-refractivity contribution < 1.29 is 9.59 Å². The van der Waals surface area contributed by atoms with Crippen LogP contribution in [0.1, 0.15) is 54.0 Å². The Kier molecular flexibility index (Phi) is 10.1. The number of benzene rings is 3. The summed E-state index contributed by atoms with van der Waals surface area (Å²) in [6.45, 7) is 7.25. The quantitative estimate of drug-likeness (QED) is 0.341. The molecule has 0 fully saturated rings. The van der Waals surface area contributed by atoms with Gasteiger partial charge in [0.25, 0.3) is 0 Å². The van der Waals surface area contributed by atoms with E-state index in [4.69, 9.17) is 0 Å². The molecule has 0 aliphatic heterocycles. The predicted octanol–water partition coefficient (Wildman–Crippen LogP) is 5.79. The summed E-state index contributed by atoms with van der Waals surface area (Å²) in [5.74, 6) is -0.0834. The SMILES string of the molecule is CCCCNC(=O)[C@H](Cc1ccccc1)N(Cc1ccccc1C)C(=O)CCc1ccc(C)cc1. The monoisotopic (exact) mass is 470 g/mol. The summed E-state index contributed by atoms with van der Waals surface area (Å²) < 4.78 is 0. The molecule has 3 aromatic carbocycles. The molecular formula is C31H38N2O2. The number of aryl methyl sites for hydroxylation is 3. The van der Waals surface area contributed by atoms with Crippen molar-refractivity contribution in [2.45, 2.75) is 65.5 Å². The van der Waals surface area contributed by atoms with Gasteiger partial charge in [-0.05, 0) is 48.9 Å². The molecular weight excluding hydrogens is 432 g/mol. The van der Waals surface area contributed by atoms with Crippen LogP contribution in [0.4, 0.5) is 0 Å². The van der Waals surface area contributed by atoms with Crippen molar-refractivity contribution in [3.05, 3.63) is 107 Å². The molecule has 0 saturated heterocycles. The molecule has 3 rings (SSSR count). The summed E-state index contributed by atoms with van der Waals surface area (Å²) in [7, 11) is 0. The van der Waals surface area contributed by atoms with Crippen LogP contribution in [0, 0.1) is 13.8 Å². The van der Waals surface area contributed by atoms with Gasteiger partial charge in [0.2, 0.25) is 11.8 Å². The van der Waals surface area contributed by atoms with Crippen LogP contribution in [0.15, 0.2) is 78.9 Å². The van der Waals surface area contributed by atoms with Gasteiger partial charge in [-0.15, -0.1) is 0 Å². The third-order valence-corrected chi connectivity index (χ3v) is 6.45.